The van der Waals surface area contributed by atoms with Gasteiger partial charge in [-0.05, 0) is 91.5 Å². The van der Waals surface area contributed by atoms with Crippen LogP contribution >= 0.6 is 21.6 Å². The first-order valence-electron chi connectivity index (χ1n) is 12.6. The van der Waals surface area contributed by atoms with Gasteiger partial charge in [-0.25, -0.2) is 0 Å². The lowest BCUT2D eigenvalue weighted by Crippen LogP contribution is -2.25. The van der Waals surface area contributed by atoms with Gasteiger partial charge < -0.3 is 20.4 Å². The molecule has 36 heavy (non-hydrogen) atoms. The van der Waals surface area contributed by atoms with Crippen LogP contribution in [0.15, 0.2) is 34.1 Å². The van der Waals surface area contributed by atoms with Crippen molar-refractivity contribution in [2.45, 2.75) is 116 Å². The van der Waals surface area contributed by atoms with E-state index in [1.54, 1.807) is 0 Å². The van der Waals surface area contributed by atoms with Crippen LogP contribution in [-0.4, -0.2) is 20.4 Å². The van der Waals surface area contributed by atoms with E-state index in [1.807, 2.05) is 24.3 Å². The molecular weight excluding hydrogens is 488 g/mol. The fourth-order valence-corrected chi connectivity index (χ4v) is 7.68. The summed E-state index contributed by atoms with van der Waals surface area (Å²) in [7, 11) is 2.72. The summed E-state index contributed by atoms with van der Waals surface area (Å²) in [5.41, 5.74) is 3.05. The second-order valence-electron chi connectivity index (χ2n) is 13.7. The summed E-state index contributed by atoms with van der Waals surface area (Å²) >= 11 is 0. The van der Waals surface area contributed by atoms with Gasteiger partial charge in [-0.2, -0.15) is 0 Å². The van der Waals surface area contributed by atoms with Crippen molar-refractivity contribution in [3.05, 3.63) is 46.5 Å². The summed E-state index contributed by atoms with van der Waals surface area (Å²) < 4.78 is 0. The summed E-state index contributed by atoms with van der Waals surface area (Å²) in [6.45, 7) is 21.5. The quantitative estimate of drug-likeness (QED) is 0.242. The molecule has 0 saturated heterocycles. The molecule has 0 fully saturated rings. The van der Waals surface area contributed by atoms with E-state index in [2.05, 4.69) is 69.2 Å². The van der Waals surface area contributed by atoms with Gasteiger partial charge >= 0.3 is 0 Å². The van der Waals surface area contributed by atoms with Crippen LogP contribution in [0.4, 0.5) is 0 Å². The minimum atomic E-state index is -0.250. The van der Waals surface area contributed by atoms with Crippen LogP contribution in [0.5, 0.6) is 11.5 Å². The zero-order valence-electron chi connectivity index (χ0n) is 23.7. The summed E-state index contributed by atoms with van der Waals surface area (Å²) in [6.07, 6.45) is 1.89. The first-order valence-corrected chi connectivity index (χ1v) is 14.7. The minimum Gasteiger partial charge on any atom is -0.506 e. The summed E-state index contributed by atoms with van der Waals surface area (Å²) in [5.74, 6) is 0.132. The number of rotatable bonds is 9. The van der Waals surface area contributed by atoms with Gasteiger partial charge in [0.05, 0.1) is 23.0 Å². The van der Waals surface area contributed by atoms with E-state index in [1.165, 1.54) is 21.6 Å². The van der Waals surface area contributed by atoms with Crippen molar-refractivity contribution in [1.82, 2.24) is 0 Å². The van der Waals surface area contributed by atoms with Gasteiger partial charge in [0.15, 0.2) is 0 Å². The molecule has 0 atom stereocenters. The molecule has 0 aliphatic carbocycles. The third-order valence-corrected chi connectivity index (χ3v) is 8.77. The molecule has 0 amide bonds. The van der Waals surface area contributed by atoms with Crippen LogP contribution in [-0.2, 0) is 24.0 Å². The predicted octanol–water partition coefficient (Wildman–Crippen LogP) is 8.31. The maximum absolute atomic E-state index is 10.9. The second kappa shape index (κ2) is 11.2. The highest BCUT2D eigenvalue weighted by Gasteiger charge is 2.30. The van der Waals surface area contributed by atoms with Gasteiger partial charge in [-0.1, -0.05) is 69.2 Å². The number of phenols is 2. The second-order valence-corrected chi connectivity index (χ2v) is 15.9. The SMILES string of the molecule is CC(C)(C)CC(C)(C)c1cc(CO)c(O)c(SSc2cc(C(C)(C)CC(C)(C)C)cc(CO)c2O)c1. The fraction of sp³-hybridized carbons (Fsp3) is 0.600. The molecule has 0 spiro atoms. The normalized spacial score (nSPS) is 13.3. The molecular formula is C30H46O4S2. The van der Waals surface area contributed by atoms with E-state index in [9.17, 15) is 20.4 Å². The lowest BCUT2D eigenvalue weighted by atomic mass is 9.72. The Morgan fingerprint density at radius 2 is 0.861 bits per heavy atom. The van der Waals surface area contributed by atoms with Gasteiger partial charge in [0.25, 0.3) is 0 Å². The molecule has 2 rings (SSSR count). The molecule has 0 saturated carbocycles. The van der Waals surface area contributed by atoms with Crippen molar-refractivity contribution in [1.29, 1.82) is 0 Å². The molecule has 4 nitrogen and oxygen atoms in total. The van der Waals surface area contributed by atoms with Gasteiger partial charge in [-0.3, -0.25) is 0 Å². The topological polar surface area (TPSA) is 80.9 Å². The Balaban J connectivity index is 2.48. The van der Waals surface area contributed by atoms with E-state index in [4.69, 9.17) is 0 Å². The molecule has 0 aliphatic heterocycles. The molecule has 0 unspecified atom stereocenters. The molecule has 2 aromatic carbocycles. The van der Waals surface area contributed by atoms with Gasteiger partial charge in [0, 0.05) is 11.1 Å². The summed E-state index contributed by atoms with van der Waals surface area (Å²) in [5, 5.41) is 41.6. The van der Waals surface area contributed by atoms with Gasteiger partial charge in [0.2, 0.25) is 0 Å². The van der Waals surface area contributed by atoms with Gasteiger partial charge in [0.1, 0.15) is 11.5 Å². The minimum absolute atomic E-state index is 0.0661. The van der Waals surface area contributed by atoms with E-state index in [0.29, 0.717) is 20.9 Å². The van der Waals surface area contributed by atoms with Gasteiger partial charge in [-0.15, -0.1) is 0 Å². The van der Waals surface area contributed by atoms with Crippen molar-refractivity contribution in [2.24, 2.45) is 10.8 Å². The van der Waals surface area contributed by atoms with Crippen LogP contribution in [0.25, 0.3) is 0 Å². The number of benzene rings is 2. The summed E-state index contributed by atoms with van der Waals surface area (Å²) in [4.78, 5) is 1.29. The van der Waals surface area contributed by atoms with Crippen LogP contribution in [0.3, 0.4) is 0 Å². The van der Waals surface area contributed by atoms with Crippen LogP contribution in [0, 0.1) is 10.8 Å². The van der Waals surface area contributed by atoms with E-state index in [0.717, 1.165) is 24.0 Å². The van der Waals surface area contributed by atoms with E-state index in [-0.39, 0.29) is 46.4 Å². The largest absolute Gasteiger partial charge is 0.506 e. The smallest absolute Gasteiger partial charge is 0.135 e. The molecule has 0 aliphatic rings. The lowest BCUT2D eigenvalue weighted by molar-refractivity contribution is 0.270. The Bertz CT molecular complexity index is 975. The highest BCUT2D eigenvalue weighted by atomic mass is 33.1. The average molecular weight is 535 g/mol. The number of aromatic hydroxyl groups is 2. The number of hydrogen-bond acceptors (Lipinski definition) is 6. The molecule has 0 bridgehead atoms. The molecule has 6 heteroatoms. The fourth-order valence-electron chi connectivity index (χ4n) is 5.43. The van der Waals surface area contributed by atoms with E-state index >= 15 is 0 Å². The van der Waals surface area contributed by atoms with Crippen molar-refractivity contribution in [3.63, 3.8) is 0 Å². The third kappa shape index (κ3) is 8.08. The average Bonchev–Trinajstić information content (AvgIpc) is 2.70. The van der Waals surface area contributed by atoms with Crippen LogP contribution < -0.4 is 0 Å². The zero-order chi connectivity index (χ0) is 27.7. The Hall–Kier alpha value is -1.34. The Kier molecular flexibility index (Phi) is 9.59. The Morgan fingerprint density at radius 3 is 1.11 bits per heavy atom. The molecule has 0 heterocycles. The van der Waals surface area contributed by atoms with E-state index < -0.39 is 0 Å². The Morgan fingerprint density at radius 1 is 0.556 bits per heavy atom. The zero-order valence-corrected chi connectivity index (χ0v) is 25.4. The van der Waals surface area contributed by atoms with Crippen molar-refractivity contribution in [3.8, 4) is 11.5 Å². The molecule has 0 aromatic heterocycles. The highest BCUT2D eigenvalue weighted by molar-refractivity contribution is 8.76. The number of hydrogen-bond donors (Lipinski definition) is 4. The maximum atomic E-state index is 10.9. The van der Waals surface area contributed by atoms with Crippen molar-refractivity contribution >= 4 is 21.6 Å². The number of aliphatic hydroxyl groups excluding tert-OH is 2. The Labute approximate surface area is 226 Å². The van der Waals surface area contributed by atoms with Crippen molar-refractivity contribution < 1.29 is 20.4 Å². The third-order valence-electron chi connectivity index (χ3n) is 6.38. The van der Waals surface area contributed by atoms with Crippen LogP contribution in [0.2, 0.25) is 0 Å². The van der Waals surface area contributed by atoms with Crippen molar-refractivity contribution in [2.75, 3.05) is 0 Å². The maximum Gasteiger partial charge on any atom is 0.135 e. The first-order chi connectivity index (χ1) is 16.3. The lowest BCUT2D eigenvalue weighted by Gasteiger charge is -2.34. The predicted molar refractivity (Wildman–Crippen MR) is 154 cm³/mol. The standard InChI is InChI=1S/C30H46O4S2/c1-27(2,3)17-29(7,8)21-11-19(15-31)25(33)23(13-21)35-36-24-14-22(12-20(16-32)26(24)34)30(9,10)18-28(4,5)6/h11-14,31-34H,15-18H2,1-10H3. The molecule has 4 N–H and O–H groups in total. The van der Waals surface area contributed by atoms with Crippen LogP contribution in [0.1, 0.15) is 104 Å². The first kappa shape index (κ1) is 30.9. The highest BCUT2D eigenvalue weighted by Crippen LogP contribution is 2.50. The molecule has 0 radical (unpaired) electrons. The molecule has 2 aromatic rings. The molecule has 202 valence electrons. The summed E-state index contributed by atoms with van der Waals surface area (Å²) in [6, 6.07) is 7.78. The monoisotopic (exact) mass is 534 g/mol. The number of aliphatic hydroxyl groups is 2.